The van der Waals surface area contributed by atoms with Crippen LogP contribution in [0.4, 0.5) is 16.4 Å². The third kappa shape index (κ3) is 9.47. The molecular weight excluding hydrogens is 690 g/mol. The molecule has 1 aliphatic rings. The van der Waals surface area contributed by atoms with Crippen LogP contribution < -0.4 is 25.4 Å². The molecule has 0 bridgehead atoms. The van der Waals surface area contributed by atoms with Crippen molar-refractivity contribution in [3.05, 3.63) is 65.2 Å². The zero-order valence-corrected chi connectivity index (χ0v) is 32.2. The van der Waals surface area contributed by atoms with Gasteiger partial charge in [0.1, 0.15) is 17.1 Å². The van der Waals surface area contributed by atoms with Crippen LogP contribution in [0.2, 0.25) is 0 Å². The minimum absolute atomic E-state index is 0.0450. The van der Waals surface area contributed by atoms with Crippen molar-refractivity contribution in [2.24, 2.45) is 5.73 Å². The van der Waals surface area contributed by atoms with Gasteiger partial charge >= 0.3 is 6.09 Å². The molecule has 14 heteroatoms. The monoisotopic (exact) mass is 741 g/mol. The smallest absolute Gasteiger partial charge is 0.414 e. The number of primary amides is 1. The van der Waals surface area contributed by atoms with Crippen molar-refractivity contribution in [2.45, 2.75) is 59.0 Å². The second kappa shape index (κ2) is 17.0. The minimum Gasteiger partial charge on any atom is -0.495 e. The lowest BCUT2D eigenvalue weighted by molar-refractivity contribution is -0.132. The first-order chi connectivity index (χ1) is 25.7. The number of aromatic amines is 1. The van der Waals surface area contributed by atoms with Crippen LogP contribution in [0.1, 0.15) is 72.7 Å². The Morgan fingerprint density at radius 2 is 1.72 bits per heavy atom. The molecule has 0 unspecified atom stereocenters. The summed E-state index contributed by atoms with van der Waals surface area (Å²) in [6, 6.07) is 14.1. The highest BCUT2D eigenvalue weighted by molar-refractivity contribution is 6.15. The summed E-state index contributed by atoms with van der Waals surface area (Å²) in [5.41, 5.74) is 8.79. The molecule has 2 heterocycles. The Morgan fingerprint density at radius 3 is 2.41 bits per heavy atom. The molecule has 0 spiro atoms. The fourth-order valence-corrected chi connectivity index (χ4v) is 6.39. The van der Waals surface area contributed by atoms with Crippen molar-refractivity contribution in [1.29, 1.82) is 0 Å². The quantitative estimate of drug-likeness (QED) is 0.139. The maximum absolute atomic E-state index is 14.2. The summed E-state index contributed by atoms with van der Waals surface area (Å²) < 4.78 is 17.3. The fraction of sp³-hybridized carbons (Fsp3) is 0.425. The lowest BCUT2D eigenvalue weighted by Crippen LogP contribution is -2.47. The maximum Gasteiger partial charge on any atom is 0.414 e. The molecule has 0 aliphatic carbocycles. The average Bonchev–Trinajstić information content (AvgIpc) is 3.53. The summed E-state index contributed by atoms with van der Waals surface area (Å²) in [4.78, 5) is 65.5. The molecule has 1 saturated heterocycles. The van der Waals surface area contributed by atoms with Crippen LogP contribution in [0.15, 0.2) is 48.5 Å². The van der Waals surface area contributed by atoms with Crippen LogP contribution in [-0.4, -0.2) is 103 Å². The summed E-state index contributed by atoms with van der Waals surface area (Å²) in [6.45, 7) is 11.0. The summed E-state index contributed by atoms with van der Waals surface area (Å²) in [7, 11) is 5.08. The fourth-order valence-electron chi connectivity index (χ4n) is 6.39. The lowest BCUT2D eigenvalue weighted by atomic mass is 9.95. The highest BCUT2D eigenvalue weighted by Gasteiger charge is 2.28. The van der Waals surface area contributed by atoms with E-state index in [2.05, 4.69) is 27.2 Å². The summed E-state index contributed by atoms with van der Waals surface area (Å²) >= 11 is 0. The summed E-state index contributed by atoms with van der Waals surface area (Å²) in [5, 5.41) is 2.61. The lowest BCUT2D eigenvalue weighted by Gasteiger charge is -2.32. The predicted molar refractivity (Wildman–Crippen MR) is 208 cm³/mol. The number of imidazole rings is 1. The van der Waals surface area contributed by atoms with Crippen LogP contribution in [0, 0.1) is 6.92 Å². The van der Waals surface area contributed by atoms with Gasteiger partial charge in [-0.2, -0.15) is 0 Å². The van der Waals surface area contributed by atoms with Crippen molar-refractivity contribution >= 4 is 46.5 Å². The maximum atomic E-state index is 14.2. The zero-order valence-electron chi connectivity index (χ0n) is 32.2. The van der Waals surface area contributed by atoms with E-state index in [0.717, 1.165) is 51.0 Å². The number of carbonyl (C=O) groups excluding carboxylic acids is 4. The number of aryl methyl sites for hydroxylation is 1. The molecule has 288 valence electrons. The van der Waals surface area contributed by atoms with Crippen LogP contribution in [0.3, 0.4) is 0 Å². The number of rotatable bonds is 13. The Morgan fingerprint density at radius 1 is 0.981 bits per heavy atom. The number of nitrogens with two attached hydrogens (primary N) is 1. The van der Waals surface area contributed by atoms with Gasteiger partial charge in [0.05, 0.1) is 41.6 Å². The third-order valence-corrected chi connectivity index (χ3v) is 9.19. The molecule has 0 atom stereocenters. The van der Waals surface area contributed by atoms with E-state index in [1.54, 1.807) is 64.2 Å². The predicted octanol–water partition coefficient (Wildman–Crippen LogP) is 5.98. The van der Waals surface area contributed by atoms with Gasteiger partial charge in [-0.3, -0.25) is 19.7 Å². The normalized spacial score (nSPS) is 13.4. The van der Waals surface area contributed by atoms with Crippen LogP contribution >= 0.6 is 0 Å². The van der Waals surface area contributed by atoms with Crippen LogP contribution in [0.5, 0.6) is 11.5 Å². The number of anilines is 2. The average molecular weight is 742 g/mol. The van der Waals surface area contributed by atoms with Gasteiger partial charge in [0, 0.05) is 50.8 Å². The highest BCUT2D eigenvalue weighted by atomic mass is 16.6. The molecule has 1 aromatic heterocycles. The zero-order chi connectivity index (χ0) is 39.2. The van der Waals surface area contributed by atoms with Crippen molar-refractivity contribution in [3.8, 4) is 22.6 Å². The van der Waals surface area contributed by atoms with Gasteiger partial charge in [0.2, 0.25) is 11.9 Å². The number of likely N-dealkylation sites (N-methyl/N-ethyl adjacent to an activating group) is 1. The number of ether oxygens (including phenoxy) is 3. The minimum atomic E-state index is -0.849. The number of benzene rings is 3. The van der Waals surface area contributed by atoms with Crippen molar-refractivity contribution < 1.29 is 33.4 Å². The number of fused-ring (bicyclic) bond motifs is 1. The van der Waals surface area contributed by atoms with Gasteiger partial charge in [-0.15, -0.1) is 0 Å². The highest BCUT2D eigenvalue weighted by Crippen LogP contribution is 2.39. The molecular formula is C40H51N7O7. The van der Waals surface area contributed by atoms with E-state index in [0.29, 0.717) is 46.6 Å². The molecule has 4 N–H and O–H groups in total. The number of unbranched alkanes of at least 4 members (excludes halogenated alkanes) is 2. The van der Waals surface area contributed by atoms with E-state index < -0.39 is 23.5 Å². The number of hydrogen-bond acceptors (Lipinski definition) is 9. The number of methoxy groups -OCH3 is 1. The van der Waals surface area contributed by atoms with E-state index in [1.807, 2.05) is 24.0 Å². The first kappa shape index (κ1) is 39.6. The number of piperazine rings is 1. The molecule has 54 heavy (non-hydrogen) atoms. The Labute approximate surface area is 315 Å². The summed E-state index contributed by atoms with van der Waals surface area (Å²) in [6.07, 6.45) is 2.20. The second-order valence-electron chi connectivity index (χ2n) is 14.5. The van der Waals surface area contributed by atoms with Crippen molar-refractivity contribution in [2.75, 3.05) is 64.2 Å². The van der Waals surface area contributed by atoms with Gasteiger partial charge in [-0.25, -0.2) is 9.78 Å². The van der Waals surface area contributed by atoms with Gasteiger partial charge in [0.25, 0.3) is 11.8 Å². The van der Waals surface area contributed by atoms with Gasteiger partial charge in [-0.05, 0) is 89.9 Å². The molecule has 0 saturated carbocycles. The molecule has 4 aromatic rings. The molecule has 3 aromatic carbocycles. The molecule has 0 radical (unpaired) electrons. The number of nitrogens with zero attached hydrogens (tertiary/aromatic N) is 4. The van der Waals surface area contributed by atoms with E-state index in [-0.39, 0.29) is 28.7 Å². The number of para-hydroxylation sites is 1. The van der Waals surface area contributed by atoms with Crippen LogP contribution in [-0.2, 0) is 9.53 Å². The molecule has 4 amide bonds. The number of H-pyrrole nitrogens is 1. The first-order valence-electron chi connectivity index (χ1n) is 18.1. The third-order valence-electron chi connectivity index (χ3n) is 9.19. The number of nitrogens with one attached hydrogen (secondary N) is 2. The van der Waals surface area contributed by atoms with E-state index in [4.69, 9.17) is 19.9 Å². The first-order valence-corrected chi connectivity index (χ1v) is 18.1. The largest absolute Gasteiger partial charge is 0.495 e. The molecule has 1 fully saturated rings. The van der Waals surface area contributed by atoms with Crippen molar-refractivity contribution in [3.63, 3.8) is 0 Å². The van der Waals surface area contributed by atoms with E-state index in [9.17, 15) is 19.2 Å². The number of amides is 4. The summed E-state index contributed by atoms with van der Waals surface area (Å²) in [5.74, 6) is -0.355. The Balaban J connectivity index is 1.33. The van der Waals surface area contributed by atoms with Gasteiger partial charge in [-0.1, -0.05) is 18.2 Å². The topological polar surface area (TPSA) is 172 Å². The van der Waals surface area contributed by atoms with Crippen molar-refractivity contribution in [1.82, 2.24) is 19.8 Å². The SMILES string of the molecule is COc1c(-c2cccc3[nH]c(NC(=O)OC(C)(C)C)nc23)ccc(C(=O)N(C)c2ccc(C)cc2OCCCCCC(=O)N2CCN(C)CC2)c1C(N)=O. The Hall–Kier alpha value is -5.63. The standard InChI is InChI=1S/C40H51N7O7/c1-25-15-18-30(31(24-25)53-23-10-8-9-14-32(48)47-21-19-45(5)20-22-47)46(6)37(50)28-17-16-27(35(52-7)33(28)36(41)49)26-12-11-13-29-34(26)43-38(42-29)44-39(51)54-40(2,3)4/h11-13,15-18,24H,8-10,14,19-23H2,1-7H3,(H2,41,49)(H2,42,43,44,51). The Bertz CT molecular complexity index is 2010. The molecule has 1 aliphatic heterocycles. The molecule has 14 nitrogen and oxygen atoms in total. The second-order valence-corrected chi connectivity index (χ2v) is 14.5. The number of aromatic nitrogens is 2. The van der Waals surface area contributed by atoms with Gasteiger partial charge in [0.15, 0.2) is 0 Å². The Kier molecular flexibility index (Phi) is 12.5. The molecule has 5 rings (SSSR count). The van der Waals surface area contributed by atoms with E-state index >= 15 is 0 Å². The number of carbonyl (C=O) groups is 4. The number of hydrogen-bond donors (Lipinski definition) is 3. The van der Waals surface area contributed by atoms with E-state index in [1.165, 1.54) is 12.0 Å². The van der Waals surface area contributed by atoms with Gasteiger partial charge < -0.3 is 39.6 Å². The van der Waals surface area contributed by atoms with Crippen LogP contribution in [0.25, 0.3) is 22.2 Å².